The van der Waals surface area contributed by atoms with E-state index in [-0.39, 0.29) is 11.6 Å². The topological polar surface area (TPSA) is 94.5 Å². The molecule has 7 heteroatoms. The zero-order chi connectivity index (χ0) is 16.4. The largest absolute Gasteiger partial charge is 0.510 e. The molecule has 122 valence electrons. The predicted molar refractivity (Wildman–Crippen MR) is 88.0 cm³/mol. The summed E-state index contributed by atoms with van der Waals surface area (Å²) in [5, 5.41) is 18.5. The molecule has 1 aliphatic rings. The molecule has 1 aliphatic heterocycles. The van der Waals surface area contributed by atoms with E-state index in [1.807, 2.05) is 23.1 Å². The summed E-state index contributed by atoms with van der Waals surface area (Å²) in [6.45, 7) is 1.62. The lowest BCUT2D eigenvalue weighted by Gasteiger charge is -2.17. The van der Waals surface area contributed by atoms with Crippen molar-refractivity contribution in [1.29, 1.82) is 5.41 Å². The van der Waals surface area contributed by atoms with Crippen LogP contribution < -0.4 is 4.74 Å². The first kappa shape index (κ1) is 15.4. The Kier molecular flexibility index (Phi) is 4.20. The Hall–Kier alpha value is -2.54. The maximum atomic E-state index is 10.2. The number of aliphatic hydroxyl groups excluding tert-OH is 1. The van der Waals surface area contributed by atoms with Crippen molar-refractivity contribution < 1.29 is 14.6 Å². The molecule has 3 rings (SSSR count). The summed E-state index contributed by atoms with van der Waals surface area (Å²) in [4.78, 5) is 9.46. The van der Waals surface area contributed by atoms with Crippen molar-refractivity contribution in [3.05, 3.63) is 29.8 Å². The Bertz CT molecular complexity index is 766. The monoisotopic (exact) mass is 316 g/mol. The first-order chi connectivity index (χ1) is 11.1. The van der Waals surface area contributed by atoms with Gasteiger partial charge in [0.25, 0.3) is 0 Å². The molecular weight excluding hydrogens is 296 g/mol. The Balaban J connectivity index is 1.86. The highest BCUT2D eigenvalue weighted by atomic mass is 16.5. The van der Waals surface area contributed by atoms with E-state index in [1.54, 1.807) is 14.2 Å². The van der Waals surface area contributed by atoms with Crippen LogP contribution in [0.4, 0.5) is 0 Å². The Morgan fingerprint density at radius 3 is 2.96 bits per heavy atom. The number of imidazole rings is 1. The number of fused-ring (bicyclic) bond motifs is 1. The van der Waals surface area contributed by atoms with Crippen LogP contribution in [0, 0.1) is 5.41 Å². The van der Waals surface area contributed by atoms with Crippen LogP contribution in [0.2, 0.25) is 0 Å². The van der Waals surface area contributed by atoms with Gasteiger partial charge < -0.3 is 24.5 Å². The van der Waals surface area contributed by atoms with Crippen molar-refractivity contribution >= 4 is 22.4 Å². The van der Waals surface area contributed by atoms with Gasteiger partial charge in [0, 0.05) is 26.3 Å². The van der Waals surface area contributed by atoms with Crippen LogP contribution in [0.5, 0.6) is 5.75 Å². The maximum Gasteiger partial charge on any atom is 0.145 e. The van der Waals surface area contributed by atoms with Gasteiger partial charge in [0.1, 0.15) is 23.2 Å². The molecule has 0 fully saturated rings. The summed E-state index contributed by atoms with van der Waals surface area (Å²) >= 11 is 0. The fraction of sp³-hybridized carbons (Fsp3) is 0.375. The second-order valence-electron chi connectivity index (χ2n) is 5.41. The first-order valence-electron chi connectivity index (χ1n) is 7.43. The van der Waals surface area contributed by atoms with Gasteiger partial charge in [-0.15, -0.1) is 0 Å². The molecular formula is C16H20N4O3. The molecule has 2 heterocycles. The summed E-state index contributed by atoms with van der Waals surface area (Å²) in [5.74, 6) is 1.68. The third-order valence-electron chi connectivity index (χ3n) is 3.88. The minimum atomic E-state index is 0.165. The van der Waals surface area contributed by atoms with Gasteiger partial charge in [0.05, 0.1) is 30.3 Å². The third-order valence-corrected chi connectivity index (χ3v) is 3.88. The number of benzene rings is 1. The molecule has 2 aromatic rings. The van der Waals surface area contributed by atoms with Crippen LogP contribution in [-0.4, -0.2) is 59.7 Å². The Morgan fingerprint density at radius 2 is 2.22 bits per heavy atom. The van der Waals surface area contributed by atoms with Crippen LogP contribution in [-0.2, 0) is 4.74 Å². The van der Waals surface area contributed by atoms with Crippen LogP contribution in [0.3, 0.4) is 0 Å². The molecule has 0 radical (unpaired) electrons. The highest BCUT2D eigenvalue weighted by Crippen LogP contribution is 2.28. The lowest BCUT2D eigenvalue weighted by Crippen LogP contribution is -2.28. The number of nitrogens with zero attached hydrogens (tertiary/aromatic N) is 2. The van der Waals surface area contributed by atoms with Crippen LogP contribution >= 0.6 is 0 Å². The number of amidine groups is 1. The van der Waals surface area contributed by atoms with Gasteiger partial charge in [0.2, 0.25) is 0 Å². The van der Waals surface area contributed by atoms with E-state index in [0.717, 1.165) is 23.2 Å². The van der Waals surface area contributed by atoms with Crippen LogP contribution in [0.25, 0.3) is 16.6 Å². The molecule has 1 aromatic heterocycles. The van der Waals surface area contributed by atoms with Crippen molar-refractivity contribution in [3.63, 3.8) is 0 Å². The van der Waals surface area contributed by atoms with E-state index in [9.17, 15) is 5.11 Å². The number of rotatable bonds is 6. The number of hydrogen-bond donors (Lipinski definition) is 3. The standard InChI is InChI=1S/C16H20N4O3/c1-22-7-3-6-20-9-13(21)14(15(20)17)16-18-11-5-4-10(23-2)8-12(11)19-16/h4-5,8,17,21H,3,6-7,9H2,1-2H3,(H,18,19). The number of ether oxygens (including phenoxy) is 2. The van der Waals surface area contributed by atoms with Crippen molar-refractivity contribution in [2.45, 2.75) is 6.42 Å². The van der Waals surface area contributed by atoms with Gasteiger partial charge in [-0.25, -0.2) is 4.98 Å². The predicted octanol–water partition coefficient (Wildman–Crippen LogP) is 2.17. The van der Waals surface area contributed by atoms with E-state index in [1.165, 1.54) is 0 Å². The van der Waals surface area contributed by atoms with Crippen LogP contribution in [0.1, 0.15) is 12.2 Å². The Morgan fingerprint density at radius 1 is 1.39 bits per heavy atom. The van der Waals surface area contributed by atoms with Gasteiger partial charge in [-0.05, 0) is 18.6 Å². The van der Waals surface area contributed by atoms with Crippen molar-refractivity contribution in [2.24, 2.45) is 0 Å². The average molecular weight is 316 g/mol. The number of H-pyrrole nitrogens is 1. The lowest BCUT2D eigenvalue weighted by molar-refractivity contribution is 0.186. The summed E-state index contributed by atoms with van der Waals surface area (Å²) in [6.07, 6.45) is 0.802. The highest BCUT2D eigenvalue weighted by molar-refractivity contribution is 6.23. The smallest absolute Gasteiger partial charge is 0.145 e. The minimum Gasteiger partial charge on any atom is -0.510 e. The molecule has 1 aromatic carbocycles. The maximum absolute atomic E-state index is 10.2. The van der Waals surface area contributed by atoms with Gasteiger partial charge in [-0.2, -0.15) is 0 Å². The van der Waals surface area contributed by atoms with E-state index in [2.05, 4.69) is 9.97 Å². The molecule has 0 atom stereocenters. The number of aromatic amines is 1. The fourth-order valence-electron chi connectivity index (χ4n) is 2.71. The van der Waals surface area contributed by atoms with Gasteiger partial charge in [0.15, 0.2) is 0 Å². The zero-order valence-electron chi connectivity index (χ0n) is 13.2. The number of aromatic nitrogens is 2. The van der Waals surface area contributed by atoms with Crippen molar-refractivity contribution in [3.8, 4) is 5.75 Å². The second kappa shape index (κ2) is 6.29. The number of hydrogen-bond acceptors (Lipinski definition) is 5. The molecule has 0 spiro atoms. The Labute approximate surface area is 134 Å². The summed E-state index contributed by atoms with van der Waals surface area (Å²) in [5.41, 5.74) is 2.04. The van der Waals surface area contributed by atoms with E-state index in [0.29, 0.717) is 31.1 Å². The molecule has 0 amide bonds. The summed E-state index contributed by atoms with van der Waals surface area (Å²) in [7, 11) is 3.26. The molecule has 3 N–H and O–H groups in total. The molecule has 0 bridgehead atoms. The molecule has 0 saturated heterocycles. The fourth-order valence-corrected chi connectivity index (χ4v) is 2.71. The van der Waals surface area contributed by atoms with Crippen molar-refractivity contribution in [2.75, 3.05) is 33.9 Å². The first-order valence-corrected chi connectivity index (χ1v) is 7.43. The lowest BCUT2D eigenvalue weighted by atomic mass is 10.2. The molecule has 23 heavy (non-hydrogen) atoms. The molecule has 7 nitrogen and oxygen atoms in total. The highest BCUT2D eigenvalue weighted by Gasteiger charge is 2.29. The molecule has 0 saturated carbocycles. The molecule has 0 aliphatic carbocycles. The average Bonchev–Trinajstić information content (AvgIpc) is 3.07. The quantitative estimate of drug-likeness (QED) is 0.710. The van der Waals surface area contributed by atoms with E-state index >= 15 is 0 Å². The van der Waals surface area contributed by atoms with Crippen molar-refractivity contribution in [1.82, 2.24) is 14.9 Å². The van der Waals surface area contributed by atoms with E-state index in [4.69, 9.17) is 14.9 Å². The van der Waals surface area contributed by atoms with Gasteiger partial charge in [-0.1, -0.05) is 0 Å². The zero-order valence-corrected chi connectivity index (χ0v) is 13.2. The third kappa shape index (κ3) is 2.87. The normalized spacial score (nSPS) is 15.0. The number of aliphatic hydroxyl groups is 1. The summed E-state index contributed by atoms with van der Waals surface area (Å²) < 4.78 is 10.2. The SMILES string of the molecule is COCCCN1CC(O)=C(c2nc3ccc(OC)cc3[nH]2)C1=N. The number of nitrogens with one attached hydrogen (secondary N) is 2. The van der Waals surface area contributed by atoms with Gasteiger partial charge >= 0.3 is 0 Å². The molecule has 0 unspecified atom stereocenters. The second-order valence-corrected chi connectivity index (χ2v) is 5.41. The minimum absolute atomic E-state index is 0.165. The van der Waals surface area contributed by atoms with Crippen LogP contribution in [0.15, 0.2) is 24.0 Å². The van der Waals surface area contributed by atoms with E-state index < -0.39 is 0 Å². The van der Waals surface area contributed by atoms with Gasteiger partial charge in [-0.3, -0.25) is 5.41 Å². The summed E-state index contributed by atoms with van der Waals surface area (Å²) in [6, 6.07) is 5.53. The number of methoxy groups -OCH3 is 2.